The van der Waals surface area contributed by atoms with Gasteiger partial charge in [-0.15, -0.1) is 11.3 Å². The van der Waals surface area contributed by atoms with Gasteiger partial charge in [0.05, 0.1) is 21.8 Å². The van der Waals surface area contributed by atoms with E-state index in [9.17, 15) is 13.2 Å². The van der Waals surface area contributed by atoms with Crippen molar-refractivity contribution in [2.75, 3.05) is 26.8 Å². The molecule has 0 aliphatic heterocycles. The first-order valence-electron chi connectivity index (χ1n) is 5.38. The van der Waals surface area contributed by atoms with Crippen molar-refractivity contribution in [2.45, 2.75) is 11.8 Å². The summed E-state index contributed by atoms with van der Waals surface area (Å²) in [5, 5.41) is 2.53. The van der Waals surface area contributed by atoms with Crippen molar-refractivity contribution in [3.05, 3.63) is 14.7 Å². The molecule has 2 N–H and O–H groups in total. The van der Waals surface area contributed by atoms with Crippen LogP contribution in [0.25, 0.3) is 0 Å². The van der Waals surface area contributed by atoms with Crippen LogP contribution in [0, 0.1) is 6.92 Å². The Balaban J connectivity index is 2.56. The maximum absolute atomic E-state index is 12.0. The van der Waals surface area contributed by atoms with Crippen LogP contribution in [0.4, 0.5) is 0 Å². The molecule has 19 heavy (non-hydrogen) atoms. The lowest BCUT2D eigenvalue weighted by molar-refractivity contribution is -0.120. The Morgan fingerprint density at radius 3 is 2.74 bits per heavy atom. The van der Waals surface area contributed by atoms with E-state index in [-0.39, 0.29) is 11.4 Å². The van der Waals surface area contributed by atoms with Crippen LogP contribution < -0.4 is 10.0 Å². The van der Waals surface area contributed by atoms with Crippen LogP contribution in [0.3, 0.4) is 0 Å². The minimum atomic E-state index is -3.66. The van der Waals surface area contributed by atoms with E-state index in [0.717, 1.165) is 3.79 Å². The van der Waals surface area contributed by atoms with Gasteiger partial charge in [-0.25, -0.2) is 13.1 Å². The number of hydrogen-bond acceptors (Lipinski definition) is 5. The van der Waals surface area contributed by atoms with E-state index in [1.165, 1.54) is 24.5 Å². The molecule has 6 nitrogen and oxygen atoms in total. The molecule has 0 saturated heterocycles. The molecule has 9 heteroatoms. The Morgan fingerprint density at radius 1 is 1.53 bits per heavy atom. The summed E-state index contributed by atoms with van der Waals surface area (Å²) in [4.78, 5) is 12.2. The van der Waals surface area contributed by atoms with Crippen LogP contribution in [0.1, 0.15) is 4.88 Å². The number of methoxy groups -OCH3 is 1. The summed E-state index contributed by atoms with van der Waals surface area (Å²) in [5.41, 5.74) is 0. The Hall–Kier alpha value is -0.480. The molecule has 1 amide bonds. The molecule has 0 radical (unpaired) electrons. The molecule has 1 aromatic rings. The number of nitrogens with one attached hydrogen (secondary N) is 2. The third-order valence-electron chi connectivity index (χ3n) is 2.18. The van der Waals surface area contributed by atoms with Gasteiger partial charge in [-0.05, 0) is 28.9 Å². The normalized spacial score (nSPS) is 11.5. The third kappa shape index (κ3) is 5.19. The van der Waals surface area contributed by atoms with E-state index >= 15 is 0 Å². The van der Waals surface area contributed by atoms with E-state index in [1.807, 2.05) is 0 Å². The van der Waals surface area contributed by atoms with Crippen molar-refractivity contribution in [1.29, 1.82) is 0 Å². The minimum Gasteiger partial charge on any atom is -0.383 e. The Morgan fingerprint density at radius 2 is 2.21 bits per heavy atom. The molecule has 0 aliphatic carbocycles. The van der Waals surface area contributed by atoms with E-state index in [1.54, 1.807) is 6.92 Å². The summed E-state index contributed by atoms with van der Waals surface area (Å²) >= 11 is 4.56. The zero-order valence-corrected chi connectivity index (χ0v) is 13.7. The summed E-state index contributed by atoms with van der Waals surface area (Å²) in [5.74, 6) is -0.396. The van der Waals surface area contributed by atoms with Gasteiger partial charge in [0.1, 0.15) is 0 Å². The highest BCUT2D eigenvalue weighted by atomic mass is 79.9. The molecule has 0 spiro atoms. The number of hydrogen-bond donors (Lipinski definition) is 2. The molecular formula is C10H15BrN2O4S2. The molecule has 0 atom stereocenters. The quantitative estimate of drug-likeness (QED) is 0.697. The zero-order valence-electron chi connectivity index (χ0n) is 10.5. The van der Waals surface area contributed by atoms with Crippen LogP contribution >= 0.6 is 27.3 Å². The van der Waals surface area contributed by atoms with E-state index < -0.39 is 15.9 Å². The van der Waals surface area contributed by atoms with Crippen LogP contribution in [0.5, 0.6) is 0 Å². The topological polar surface area (TPSA) is 84.5 Å². The summed E-state index contributed by atoms with van der Waals surface area (Å²) in [6, 6.07) is 1.52. The van der Waals surface area contributed by atoms with Gasteiger partial charge in [-0.3, -0.25) is 4.79 Å². The fourth-order valence-corrected chi connectivity index (χ4v) is 4.69. The van der Waals surface area contributed by atoms with Gasteiger partial charge in [-0.1, -0.05) is 0 Å². The number of sulfonamides is 1. The number of amides is 1. The minimum absolute atomic E-state index is 0.189. The fraction of sp³-hybridized carbons (Fsp3) is 0.500. The first-order valence-corrected chi connectivity index (χ1v) is 8.47. The SMILES string of the molecule is COCCNC(=O)CNS(=O)(=O)c1cc(Br)sc1C. The summed E-state index contributed by atoms with van der Waals surface area (Å²) in [6.07, 6.45) is 0. The Bertz CT molecular complexity index is 542. The van der Waals surface area contributed by atoms with Crippen LogP contribution in [0.15, 0.2) is 14.7 Å². The lowest BCUT2D eigenvalue weighted by Gasteiger charge is -2.07. The number of rotatable bonds is 7. The van der Waals surface area contributed by atoms with E-state index in [4.69, 9.17) is 4.74 Å². The molecule has 0 fully saturated rings. The van der Waals surface area contributed by atoms with Crippen molar-refractivity contribution in [3.8, 4) is 0 Å². The van der Waals surface area contributed by atoms with Gasteiger partial charge in [0.15, 0.2) is 0 Å². The van der Waals surface area contributed by atoms with Crippen LogP contribution in [-0.2, 0) is 19.6 Å². The molecule has 108 valence electrons. The smallest absolute Gasteiger partial charge is 0.242 e. The number of ether oxygens (including phenoxy) is 1. The Kier molecular flexibility index (Phi) is 6.40. The number of thiophene rings is 1. The molecule has 0 bridgehead atoms. The summed E-state index contributed by atoms with van der Waals surface area (Å²) < 4.78 is 31.7. The largest absolute Gasteiger partial charge is 0.383 e. The molecule has 0 saturated carbocycles. The first kappa shape index (κ1) is 16.6. The second-order valence-corrected chi connectivity index (χ2v) is 8.01. The monoisotopic (exact) mass is 370 g/mol. The van der Waals surface area contributed by atoms with Crippen LogP contribution in [-0.4, -0.2) is 41.1 Å². The predicted octanol–water partition coefficient (Wildman–Crippen LogP) is 0.860. The molecular weight excluding hydrogens is 356 g/mol. The van der Waals surface area contributed by atoms with Gasteiger partial charge in [0.2, 0.25) is 15.9 Å². The highest BCUT2D eigenvalue weighted by Crippen LogP contribution is 2.29. The summed E-state index contributed by atoms with van der Waals surface area (Å²) in [6.45, 7) is 2.15. The highest BCUT2D eigenvalue weighted by molar-refractivity contribution is 9.11. The van der Waals surface area contributed by atoms with E-state index in [0.29, 0.717) is 18.0 Å². The molecule has 0 aromatic carbocycles. The van der Waals surface area contributed by atoms with Gasteiger partial charge >= 0.3 is 0 Å². The number of aryl methyl sites for hydroxylation is 1. The molecule has 0 aliphatic rings. The standard InChI is InChI=1S/C10H15BrN2O4S2/c1-7-8(5-9(11)18-7)19(15,16)13-6-10(14)12-3-4-17-2/h5,13H,3-4,6H2,1-2H3,(H,12,14). The van der Waals surface area contributed by atoms with Gasteiger partial charge in [0, 0.05) is 18.5 Å². The molecule has 0 unspecified atom stereocenters. The van der Waals surface area contributed by atoms with Gasteiger partial charge in [0.25, 0.3) is 0 Å². The lowest BCUT2D eigenvalue weighted by atomic mass is 10.5. The maximum Gasteiger partial charge on any atom is 0.242 e. The van der Waals surface area contributed by atoms with Crippen molar-refractivity contribution < 1.29 is 17.9 Å². The van der Waals surface area contributed by atoms with Crippen molar-refractivity contribution in [3.63, 3.8) is 0 Å². The van der Waals surface area contributed by atoms with Crippen molar-refractivity contribution in [2.24, 2.45) is 0 Å². The number of carbonyl (C=O) groups excluding carboxylic acids is 1. The van der Waals surface area contributed by atoms with Gasteiger partial charge in [-0.2, -0.15) is 0 Å². The predicted molar refractivity (Wildman–Crippen MR) is 76.8 cm³/mol. The number of halogens is 1. The van der Waals surface area contributed by atoms with E-state index in [2.05, 4.69) is 26.0 Å². The number of carbonyl (C=O) groups is 1. The second-order valence-electron chi connectivity index (χ2n) is 3.64. The molecule has 1 heterocycles. The van der Waals surface area contributed by atoms with Crippen LogP contribution in [0.2, 0.25) is 0 Å². The molecule has 1 aromatic heterocycles. The average molecular weight is 371 g/mol. The molecule has 1 rings (SSSR count). The third-order valence-corrected chi connectivity index (χ3v) is 5.39. The zero-order chi connectivity index (χ0) is 14.5. The Labute approximate surface area is 124 Å². The summed E-state index contributed by atoms with van der Waals surface area (Å²) in [7, 11) is -2.14. The van der Waals surface area contributed by atoms with Crippen molar-refractivity contribution in [1.82, 2.24) is 10.0 Å². The lowest BCUT2D eigenvalue weighted by Crippen LogP contribution is -2.38. The maximum atomic E-state index is 12.0. The van der Waals surface area contributed by atoms with Gasteiger partial charge < -0.3 is 10.1 Å². The average Bonchev–Trinajstić information content (AvgIpc) is 2.67. The highest BCUT2D eigenvalue weighted by Gasteiger charge is 2.20. The fourth-order valence-electron chi connectivity index (χ4n) is 1.29. The second kappa shape index (κ2) is 7.34. The van der Waals surface area contributed by atoms with Crippen molar-refractivity contribution >= 4 is 43.2 Å². The first-order chi connectivity index (χ1) is 8.86.